The maximum Gasteiger partial charge on any atom is 0.326 e. The maximum atomic E-state index is 12.9. The van der Waals surface area contributed by atoms with Crippen molar-refractivity contribution in [2.45, 2.75) is 19.3 Å². The zero-order chi connectivity index (χ0) is 20.5. The quantitative estimate of drug-likeness (QED) is 0.678. The molecule has 1 aliphatic carbocycles. The van der Waals surface area contributed by atoms with Gasteiger partial charge in [-0.2, -0.15) is 0 Å². The average molecular weight is 429 g/mol. The summed E-state index contributed by atoms with van der Waals surface area (Å²) < 4.78 is 31.2. The molecule has 1 unspecified atom stereocenters. The third-order valence-electron chi connectivity index (χ3n) is 4.26. The lowest BCUT2D eigenvalue weighted by atomic mass is 10.1. The molecule has 2 aromatic rings. The molecule has 9 heteroatoms. The monoisotopic (exact) mass is 428 g/mol. The van der Waals surface area contributed by atoms with Gasteiger partial charge in [-0.25, -0.2) is 13.6 Å². The summed E-state index contributed by atoms with van der Waals surface area (Å²) in [6.07, 6.45) is -0.225. The molecule has 0 bridgehead atoms. The summed E-state index contributed by atoms with van der Waals surface area (Å²) in [5, 5.41) is 4.76. The van der Waals surface area contributed by atoms with Gasteiger partial charge in [0.05, 0.1) is 22.6 Å². The molecule has 0 aromatic heterocycles. The molecule has 1 fully saturated rings. The highest BCUT2D eigenvalue weighted by Gasteiger charge is 2.57. The summed E-state index contributed by atoms with van der Waals surface area (Å²) in [5.41, 5.74) is 1.31. The first kappa shape index (κ1) is 20.4. The second kappa shape index (κ2) is 7.93. The lowest BCUT2D eigenvalue weighted by Crippen LogP contribution is -2.34. The van der Waals surface area contributed by atoms with E-state index in [0.717, 1.165) is 5.56 Å². The van der Waals surface area contributed by atoms with Crippen molar-refractivity contribution in [3.63, 3.8) is 0 Å². The van der Waals surface area contributed by atoms with Gasteiger partial charge in [-0.15, -0.1) is 0 Å². The molecule has 148 valence electrons. The maximum absolute atomic E-state index is 12.9. The van der Waals surface area contributed by atoms with Crippen LogP contribution in [0.1, 0.15) is 22.3 Å². The normalized spacial score (nSPS) is 17.0. The lowest BCUT2D eigenvalue weighted by molar-refractivity contribution is 0.0855. The van der Waals surface area contributed by atoms with E-state index in [1.54, 1.807) is 31.2 Å². The minimum atomic E-state index is -2.71. The number of carbonyl (C=O) groups excluding carboxylic acids is 2. The number of imide groups is 1. The van der Waals surface area contributed by atoms with Crippen LogP contribution in [0.3, 0.4) is 0 Å². The fourth-order valence-electron chi connectivity index (χ4n) is 2.56. The Bertz CT molecular complexity index is 914. The fourth-order valence-corrected chi connectivity index (χ4v) is 3.16. The highest BCUT2D eigenvalue weighted by molar-refractivity contribution is 6.37. The number of urea groups is 1. The third-order valence-corrected chi connectivity index (χ3v) is 4.82. The molecule has 1 aliphatic rings. The van der Waals surface area contributed by atoms with Crippen LogP contribution in [-0.2, 0) is 0 Å². The first-order chi connectivity index (χ1) is 13.2. The zero-order valence-electron chi connectivity index (χ0n) is 14.7. The van der Waals surface area contributed by atoms with E-state index in [1.165, 1.54) is 12.1 Å². The van der Waals surface area contributed by atoms with Crippen molar-refractivity contribution in [1.29, 1.82) is 0 Å². The fraction of sp³-hybridized carbons (Fsp3) is 0.263. The Morgan fingerprint density at radius 1 is 1.21 bits per heavy atom. The molecular formula is C19H16Cl2F2N2O3. The van der Waals surface area contributed by atoms with Gasteiger partial charge >= 0.3 is 6.03 Å². The van der Waals surface area contributed by atoms with Gasteiger partial charge < -0.3 is 10.1 Å². The summed E-state index contributed by atoms with van der Waals surface area (Å²) >= 11 is 12.2. The molecule has 0 aliphatic heterocycles. The molecule has 0 spiro atoms. The van der Waals surface area contributed by atoms with Gasteiger partial charge in [0.15, 0.2) is 5.75 Å². The molecule has 1 saturated carbocycles. The van der Waals surface area contributed by atoms with Gasteiger partial charge in [-0.05, 0) is 30.7 Å². The Kier molecular flexibility index (Phi) is 5.76. The van der Waals surface area contributed by atoms with Crippen LogP contribution in [0.25, 0.3) is 0 Å². The number of benzene rings is 2. The molecule has 2 N–H and O–H groups in total. The first-order valence-electron chi connectivity index (χ1n) is 8.35. The van der Waals surface area contributed by atoms with Crippen molar-refractivity contribution in [3.8, 4) is 5.75 Å². The molecule has 0 heterocycles. The van der Waals surface area contributed by atoms with Crippen molar-refractivity contribution in [2.24, 2.45) is 5.92 Å². The third kappa shape index (κ3) is 4.72. The van der Waals surface area contributed by atoms with Crippen LogP contribution in [-0.4, -0.2) is 24.5 Å². The predicted molar refractivity (Wildman–Crippen MR) is 103 cm³/mol. The minimum Gasteiger partial charge on any atom is -0.490 e. The smallest absolute Gasteiger partial charge is 0.326 e. The van der Waals surface area contributed by atoms with Crippen LogP contribution in [0, 0.1) is 12.8 Å². The Balaban J connectivity index is 1.61. The van der Waals surface area contributed by atoms with Crippen LogP contribution < -0.4 is 15.4 Å². The minimum absolute atomic E-state index is 0.0528. The number of hydrogen-bond acceptors (Lipinski definition) is 3. The second-order valence-electron chi connectivity index (χ2n) is 6.47. The van der Waals surface area contributed by atoms with Crippen molar-refractivity contribution < 1.29 is 23.1 Å². The number of ether oxygens (including phenoxy) is 1. The van der Waals surface area contributed by atoms with Gasteiger partial charge in [-0.3, -0.25) is 10.1 Å². The summed E-state index contributed by atoms with van der Waals surface area (Å²) in [6.45, 7) is 1.55. The Hall–Kier alpha value is -2.38. The van der Waals surface area contributed by atoms with Crippen molar-refractivity contribution in [3.05, 3.63) is 57.6 Å². The Labute approximate surface area is 170 Å². The molecule has 0 saturated heterocycles. The molecule has 2 aromatic carbocycles. The van der Waals surface area contributed by atoms with Gasteiger partial charge in [0, 0.05) is 17.7 Å². The summed E-state index contributed by atoms with van der Waals surface area (Å²) in [7, 11) is 0. The number of anilines is 1. The van der Waals surface area contributed by atoms with E-state index in [4.69, 9.17) is 27.9 Å². The largest absolute Gasteiger partial charge is 0.490 e. The standard InChI is InChI=1S/C19H16Cl2F2N2O3/c1-10-4-2-3-5-13(10)17(26)25-18(27)24-12-6-14(20)16(15(21)7-12)28-9-11-8-19(11,22)23/h2-7,11H,8-9H2,1H3,(H2,24,25,26,27). The van der Waals surface area contributed by atoms with Crippen molar-refractivity contribution in [1.82, 2.24) is 5.32 Å². The van der Waals surface area contributed by atoms with Crippen LogP contribution in [0.5, 0.6) is 5.75 Å². The molecule has 0 radical (unpaired) electrons. The highest BCUT2D eigenvalue weighted by Crippen LogP contribution is 2.49. The first-order valence-corrected chi connectivity index (χ1v) is 9.10. The second-order valence-corrected chi connectivity index (χ2v) is 7.28. The number of hydrogen-bond donors (Lipinski definition) is 2. The van der Waals surface area contributed by atoms with E-state index in [-0.39, 0.29) is 34.5 Å². The summed E-state index contributed by atoms with van der Waals surface area (Å²) in [6, 6.07) is 8.76. The number of alkyl halides is 2. The number of rotatable bonds is 5. The average Bonchev–Trinajstić information content (AvgIpc) is 3.21. The highest BCUT2D eigenvalue weighted by atomic mass is 35.5. The van der Waals surface area contributed by atoms with Crippen LogP contribution >= 0.6 is 23.2 Å². The molecule has 3 amide bonds. The summed E-state index contributed by atoms with van der Waals surface area (Å²) in [4.78, 5) is 24.2. The van der Waals surface area contributed by atoms with Crippen molar-refractivity contribution >= 4 is 40.8 Å². The van der Waals surface area contributed by atoms with Crippen LogP contribution in [0.15, 0.2) is 36.4 Å². The van der Waals surface area contributed by atoms with Gasteiger partial charge in [0.2, 0.25) is 0 Å². The van der Waals surface area contributed by atoms with E-state index in [0.29, 0.717) is 5.56 Å². The SMILES string of the molecule is Cc1ccccc1C(=O)NC(=O)Nc1cc(Cl)c(OCC2CC2(F)F)c(Cl)c1. The molecular weight excluding hydrogens is 413 g/mol. The van der Waals surface area contributed by atoms with Crippen molar-refractivity contribution in [2.75, 3.05) is 11.9 Å². The van der Waals surface area contributed by atoms with Gasteiger partial charge in [0.25, 0.3) is 11.8 Å². The molecule has 1 atom stereocenters. The van der Waals surface area contributed by atoms with E-state index in [1.807, 2.05) is 0 Å². The number of carbonyl (C=O) groups is 2. The number of amides is 3. The molecule has 28 heavy (non-hydrogen) atoms. The molecule has 5 nitrogen and oxygen atoms in total. The van der Waals surface area contributed by atoms with Gasteiger partial charge in [0.1, 0.15) is 0 Å². The Morgan fingerprint density at radius 3 is 2.39 bits per heavy atom. The van der Waals surface area contributed by atoms with E-state index in [9.17, 15) is 18.4 Å². The van der Waals surface area contributed by atoms with E-state index in [2.05, 4.69) is 10.6 Å². The van der Waals surface area contributed by atoms with Crippen LogP contribution in [0.2, 0.25) is 10.0 Å². The number of halogens is 4. The predicted octanol–water partition coefficient (Wildman–Crippen LogP) is 5.30. The molecule has 3 rings (SSSR count). The topological polar surface area (TPSA) is 67.4 Å². The number of aryl methyl sites for hydroxylation is 1. The van der Waals surface area contributed by atoms with E-state index >= 15 is 0 Å². The lowest BCUT2D eigenvalue weighted by Gasteiger charge is -2.13. The van der Waals surface area contributed by atoms with Crippen LogP contribution in [0.4, 0.5) is 19.3 Å². The zero-order valence-corrected chi connectivity index (χ0v) is 16.2. The Morgan fingerprint density at radius 2 is 1.82 bits per heavy atom. The number of nitrogens with one attached hydrogen (secondary N) is 2. The summed E-state index contributed by atoms with van der Waals surface area (Å²) in [5.74, 6) is -4.05. The van der Waals surface area contributed by atoms with E-state index < -0.39 is 23.8 Å². The van der Waals surface area contributed by atoms with Gasteiger partial charge in [-0.1, -0.05) is 41.4 Å².